The number of halogens is 1. The quantitative estimate of drug-likeness (QED) is 0.0770. The number of carbonyl (C=O) groups excluding carboxylic acids is 2. The average Bonchev–Trinajstić information content (AvgIpc) is 4.13. The van der Waals surface area contributed by atoms with Gasteiger partial charge in [0.25, 0.3) is 11.8 Å². The van der Waals surface area contributed by atoms with Crippen molar-refractivity contribution in [3.8, 4) is 11.1 Å². The summed E-state index contributed by atoms with van der Waals surface area (Å²) in [5, 5.41) is 33.0. The molecule has 0 radical (unpaired) electrons. The highest BCUT2D eigenvalue weighted by Gasteiger charge is 2.30. The molecule has 2 aliphatic rings. The third-order valence-electron chi connectivity index (χ3n) is 10.1. The Labute approximate surface area is 334 Å². The van der Waals surface area contributed by atoms with Gasteiger partial charge in [0.05, 0.1) is 45.9 Å². The zero-order chi connectivity index (χ0) is 40.1. The molecule has 0 bridgehead atoms. The molecule has 2 atom stereocenters. The van der Waals surface area contributed by atoms with Crippen molar-refractivity contribution >= 4 is 74.9 Å². The second-order valence-corrected chi connectivity index (χ2v) is 15.2. The maximum atomic E-state index is 11.9. The fourth-order valence-electron chi connectivity index (χ4n) is 6.49. The van der Waals surface area contributed by atoms with Crippen LogP contribution in [0.1, 0.15) is 71.4 Å². The van der Waals surface area contributed by atoms with E-state index in [2.05, 4.69) is 75.9 Å². The summed E-state index contributed by atoms with van der Waals surface area (Å²) in [5.74, 6) is 0.412. The molecule has 2 fully saturated rings. The SMILES string of the molecule is C=Cc1cccc(-c2cc3c(N[C@H](C)C4CC4)c(C(N)=O)cnn3c2)c1.C=Cc1cccc(B(O)O)c1.C[C@@H](Nc1c(C(N)=O)cnn2cc(Br)cc12)C1CC1. The minimum absolute atomic E-state index is 0.293. The van der Waals surface area contributed by atoms with Gasteiger partial charge in [0.1, 0.15) is 0 Å². The smallest absolute Gasteiger partial charge is 0.423 e. The van der Waals surface area contributed by atoms with E-state index < -0.39 is 18.9 Å². The molecule has 4 heterocycles. The van der Waals surface area contributed by atoms with Crippen molar-refractivity contribution in [2.24, 2.45) is 23.3 Å². The molecule has 4 aromatic heterocycles. The van der Waals surface area contributed by atoms with Crippen LogP contribution in [-0.2, 0) is 0 Å². The van der Waals surface area contributed by atoms with Gasteiger partial charge in [-0.2, -0.15) is 10.2 Å². The third-order valence-corrected chi connectivity index (χ3v) is 10.5. The number of nitrogens with zero attached hydrogens (tertiary/aromatic N) is 4. The van der Waals surface area contributed by atoms with Crippen molar-refractivity contribution in [3.05, 3.63) is 125 Å². The lowest BCUT2D eigenvalue weighted by atomic mass is 9.80. The van der Waals surface area contributed by atoms with E-state index in [0.29, 0.717) is 40.5 Å². The first-order valence-corrected chi connectivity index (χ1v) is 19.3. The first-order chi connectivity index (χ1) is 26.9. The van der Waals surface area contributed by atoms with Crippen LogP contribution in [0.3, 0.4) is 0 Å². The van der Waals surface area contributed by atoms with Crippen molar-refractivity contribution in [1.82, 2.24) is 19.2 Å². The van der Waals surface area contributed by atoms with E-state index in [0.717, 1.165) is 49.1 Å². The van der Waals surface area contributed by atoms with Crippen LogP contribution in [0.25, 0.3) is 34.3 Å². The zero-order valence-electron chi connectivity index (χ0n) is 31.4. The Morgan fingerprint density at radius 1 is 0.786 bits per heavy atom. The predicted molar refractivity (Wildman–Crippen MR) is 229 cm³/mol. The fraction of sp³-hybridized carbons (Fsp3) is 0.238. The summed E-state index contributed by atoms with van der Waals surface area (Å²) in [6.45, 7) is 11.7. The average molecular weight is 818 g/mol. The highest BCUT2D eigenvalue weighted by atomic mass is 79.9. The number of nitrogens with one attached hydrogen (secondary N) is 2. The second kappa shape index (κ2) is 17.4. The van der Waals surface area contributed by atoms with Crippen LogP contribution in [0.2, 0.25) is 0 Å². The van der Waals surface area contributed by atoms with Crippen LogP contribution in [0.15, 0.2) is 103 Å². The molecule has 14 heteroatoms. The lowest BCUT2D eigenvalue weighted by Gasteiger charge is -2.17. The minimum Gasteiger partial charge on any atom is -0.423 e. The molecular formula is C42H46BBrN8O4. The molecular weight excluding hydrogens is 771 g/mol. The van der Waals surface area contributed by atoms with Crippen LogP contribution < -0.4 is 27.6 Å². The standard InChI is InChI=1S/C21H22N4O.C13H15BrN4O.C8H9BO2/c1-3-14-5-4-6-16(9-14)17-10-19-20(24-13(2)15-7-8-15)18(21(22)26)11-23-25(19)12-17;1-7(8-2-3-8)17-12-10(13(15)19)5-16-18-6-9(14)4-11(12)18;1-2-7-4-3-5-8(6-7)9(10)11/h3-6,9-13,15,24H,1,7-8H2,2H3,(H2,22,26);4-8,17H,2-3H2,1H3,(H2,15,19);2-6,10-11H,1H2/t13-;7-;/m11./s1. The lowest BCUT2D eigenvalue weighted by molar-refractivity contribution is 0.0992. The highest BCUT2D eigenvalue weighted by molar-refractivity contribution is 9.10. The lowest BCUT2D eigenvalue weighted by Crippen LogP contribution is -2.29. The summed E-state index contributed by atoms with van der Waals surface area (Å²) in [6, 6.07) is 19.7. The Hall–Kier alpha value is -5.70. The monoisotopic (exact) mass is 816 g/mol. The first kappa shape index (κ1) is 40.0. The molecule has 2 aliphatic carbocycles. The van der Waals surface area contributed by atoms with Gasteiger partial charge in [0.15, 0.2) is 0 Å². The van der Waals surface area contributed by atoms with Gasteiger partial charge in [0, 0.05) is 34.5 Å². The number of amides is 2. The number of carbonyl (C=O) groups is 2. The largest absolute Gasteiger partial charge is 0.488 e. The molecule has 2 amide bonds. The second-order valence-electron chi connectivity index (χ2n) is 14.3. The number of hydrogen-bond donors (Lipinski definition) is 6. The first-order valence-electron chi connectivity index (χ1n) is 18.5. The van der Waals surface area contributed by atoms with Crippen LogP contribution >= 0.6 is 15.9 Å². The molecule has 0 saturated heterocycles. The van der Waals surface area contributed by atoms with E-state index in [1.165, 1.54) is 31.9 Å². The molecule has 12 nitrogen and oxygen atoms in total. The highest BCUT2D eigenvalue weighted by Crippen LogP contribution is 2.37. The van der Waals surface area contributed by atoms with Gasteiger partial charge >= 0.3 is 7.12 Å². The normalized spacial score (nSPS) is 14.4. The van der Waals surface area contributed by atoms with Crippen molar-refractivity contribution in [2.45, 2.75) is 51.6 Å². The molecule has 2 saturated carbocycles. The third kappa shape index (κ3) is 9.57. The molecule has 0 aliphatic heterocycles. The van der Waals surface area contributed by atoms with Gasteiger partial charge in [-0.1, -0.05) is 67.8 Å². The van der Waals surface area contributed by atoms with Crippen LogP contribution in [-0.4, -0.2) is 60.3 Å². The van der Waals surface area contributed by atoms with Gasteiger partial charge in [-0.25, -0.2) is 9.03 Å². The van der Waals surface area contributed by atoms with Crippen LogP contribution in [0.5, 0.6) is 0 Å². The summed E-state index contributed by atoms with van der Waals surface area (Å²) >= 11 is 3.42. The topological polar surface area (TPSA) is 185 Å². The predicted octanol–water partition coefficient (Wildman–Crippen LogP) is 6.37. The number of nitrogens with two attached hydrogens (primary N) is 2. The maximum Gasteiger partial charge on any atom is 0.488 e. The van der Waals surface area contributed by atoms with Gasteiger partial charge in [-0.05, 0) is 108 Å². The summed E-state index contributed by atoms with van der Waals surface area (Å²) in [5.41, 5.74) is 19.7. The molecule has 0 unspecified atom stereocenters. The van der Waals surface area contributed by atoms with Crippen molar-refractivity contribution in [3.63, 3.8) is 0 Å². The summed E-state index contributed by atoms with van der Waals surface area (Å²) in [6.07, 6.45) is 15.3. The van der Waals surface area contributed by atoms with E-state index in [1.807, 2.05) is 48.8 Å². The number of fused-ring (bicyclic) bond motifs is 2. The zero-order valence-corrected chi connectivity index (χ0v) is 33.0. The van der Waals surface area contributed by atoms with Crippen LogP contribution in [0.4, 0.5) is 11.4 Å². The van der Waals surface area contributed by atoms with E-state index in [-0.39, 0.29) is 0 Å². The van der Waals surface area contributed by atoms with Gasteiger partial charge < -0.3 is 32.1 Å². The summed E-state index contributed by atoms with van der Waals surface area (Å²) in [4.78, 5) is 23.5. The molecule has 0 spiro atoms. The molecule has 8 rings (SSSR count). The molecule has 2 aromatic carbocycles. The number of hydrogen-bond acceptors (Lipinski definition) is 8. The molecule has 8 N–H and O–H groups in total. The van der Waals surface area contributed by atoms with Gasteiger partial charge in [-0.15, -0.1) is 0 Å². The number of primary amides is 2. The minimum atomic E-state index is -1.39. The van der Waals surface area contributed by atoms with E-state index >= 15 is 0 Å². The van der Waals surface area contributed by atoms with E-state index in [1.54, 1.807) is 39.5 Å². The number of benzene rings is 2. The van der Waals surface area contributed by atoms with Crippen molar-refractivity contribution in [1.29, 1.82) is 0 Å². The maximum absolute atomic E-state index is 11.9. The Balaban J connectivity index is 0.000000155. The molecule has 56 heavy (non-hydrogen) atoms. The summed E-state index contributed by atoms with van der Waals surface area (Å²) in [7, 11) is -1.39. The van der Waals surface area contributed by atoms with Crippen LogP contribution in [0, 0.1) is 11.8 Å². The van der Waals surface area contributed by atoms with Crippen molar-refractivity contribution < 1.29 is 19.6 Å². The Kier molecular flexibility index (Phi) is 12.4. The Morgan fingerprint density at radius 3 is 1.79 bits per heavy atom. The number of rotatable bonds is 12. The van der Waals surface area contributed by atoms with E-state index in [4.69, 9.17) is 21.5 Å². The molecule has 6 aromatic rings. The molecule has 288 valence electrons. The van der Waals surface area contributed by atoms with Crippen molar-refractivity contribution in [2.75, 3.05) is 10.6 Å². The fourth-order valence-corrected chi connectivity index (χ4v) is 6.90. The summed E-state index contributed by atoms with van der Waals surface area (Å²) < 4.78 is 4.45. The van der Waals surface area contributed by atoms with E-state index in [9.17, 15) is 9.59 Å². The Morgan fingerprint density at radius 2 is 1.29 bits per heavy atom. The Bertz CT molecular complexity index is 2400. The number of aromatic nitrogens is 4. The van der Waals surface area contributed by atoms with Gasteiger partial charge in [-0.3, -0.25) is 9.59 Å². The number of anilines is 2. The van der Waals surface area contributed by atoms with Gasteiger partial charge in [0.2, 0.25) is 0 Å².